The number of hydrogen-bond acceptors (Lipinski definition) is 7. The number of fused-ring (bicyclic) bond motifs is 3. The van der Waals surface area contributed by atoms with Crippen molar-refractivity contribution in [3.63, 3.8) is 0 Å². The van der Waals surface area contributed by atoms with Crippen LogP contribution in [0.15, 0.2) is 46.0 Å². The summed E-state index contributed by atoms with van der Waals surface area (Å²) in [5, 5.41) is 15.6. The molecule has 34 heavy (non-hydrogen) atoms. The summed E-state index contributed by atoms with van der Waals surface area (Å²) in [4.78, 5) is 31.5. The van der Waals surface area contributed by atoms with Crippen molar-refractivity contribution in [2.45, 2.75) is 12.5 Å². The van der Waals surface area contributed by atoms with Gasteiger partial charge in [-0.05, 0) is 42.3 Å². The van der Waals surface area contributed by atoms with Crippen LogP contribution in [0.1, 0.15) is 22.9 Å². The third-order valence-electron chi connectivity index (χ3n) is 6.19. The minimum Gasteiger partial charge on any atom is -0.497 e. The summed E-state index contributed by atoms with van der Waals surface area (Å²) in [5.74, 6) is 1.02. The number of hydrogen-bond donors (Lipinski definition) is 4. The molecular formula is C24H24N4O6. The third-order valence-corrected chi connectivity index (χ3v) is 6.19. The van der Waals surface area contributed by atoms with Gasteiger partial charge < -0.3 is 29.6 Å². The minimum atomic E-state index is -0.796. The highest BCUT2D eigenvalue weighted by molar-refractivity contribution is 5.86. The van der Waals surface area contributed by atoms with E-state index in [4.69, 9.17) is 14.2 Å². The van der Waals surface area contributed by atoms with Crippen molar-refractivity contribution < 1.29 is 19.3 Å². The SMILES string of the molecule is COc1ccc(OC)c(-n2c(O)c(C3NCCc4c3[nH]c3ccc(OC)cc43)c(=O)[nH]c2=O)c1. The van der Waals surface area contributed by atoms with Crippen LogP contribution in [0.25, 0.3) is 16.6 Å². The van der Waals surface area contributed by atoms with Gasteiger partial charge in [-0.3, -0.25) is 9.78 Å². The van der Waals surface area contributed by atoms with E-state index in [1.807, 2.05) is 18.2 Å². The molecule has 10 nitrogen and oxygen atoms in total. The molecule has 0 amide bonds. The standard InChI is InChI=1S/C24H24N4O6/c1-32-12-4-6-16-15(10-12)14-8-9-25-21(20(14)26-16)19-22(29)27-24(31)28(23(19)30)17-11-13(33-2)5-7-18(17)34-3/h4-7,10-11,21,25-26,30H,8-9H2,1-3H3,(H,27,29,31). The molecule has 3 heterocycles. The molecule has 1 unspecified atom stereocenters. The van der Waals surface area contributed by atoms with Crippen molar-refractivity contribution in [2.75, 3.05) is 27.9 Å². The van der Waals surface area contributed by atoms with E-state index in [0.29, 0.717) is 18.0 Å². The van der Waals surface area contributed by atoms with E-state index in [0.717, 1.165) is 38.9 Å². The zero-order valence-corrected chi connectivity index (χ0v) is 18.9. The van der Waals surface area contributed by atoms with E-state index in [1.165, 1.54) is 14.2 Å². The number of H-pyrrole nitrogens is 2. The number of aromatic nitrogens is 3. The number of nitrogens with zero attached hydrogens (tertiary/aromatic N) is 1. The van der Waals surface area contributed by atoms with Gasteiger partial charge in [0.15, 0.2) is 0 Å². The first kappa shape index (κ1) is 21.7. The van der Waals surface area contributed by atoms with E-state index in [9.17, 15) is 14.7 Å². The van der Waals surface area contributed by atoms with Gasteiger partial charge in [-0.1, -0.05) is 0 Å². The maximum absolute atomic E-state index is 13.0. The molecule has 1 aliphatic rings. The lowest BCUT2D eigenvalue weighted by atomic mass is 9.95. The Morgan fingerprint density at radius 2 is 1.71 bits per heavy atom. The number of nitrogens with one attached hydrogen (secondary N) is 3. The highest BCUT2D eigenvalue weighted by Gasteiger charge is 2.32. The molecule has 0 saturated carbocycles. The maximum Gasteiger partial charge on any atom is 0.335 e. The number of rotatable bonds is 5. The Morgan fingerprint density at radius 1 is 0.971 bits per heavy atom. The summed E-state index contributed by atoms with van der Waals surface area (Å²) in [6, 6.07) is 9.88. The summed E-state index contributed by atoms with van der Waals surface area (Å²) in [7, 11) is 4.55. The van der Waals surface area contributed by atoms with Crippen molar-refractivity contribution in [1.29, 1.82) is 0 Å². The Labute approximate surface area is 193 Å². The number of benzene rings is 2. The van der Waals surface area contributed by atoms with Gasteiger partial charge in [-0.15, -0.1) is 0 Å². The first-order chi connectivity index (χ1) is 16.5. The number of methoxy groups -OCH3 is 3. The van der Waals surface area contributed by atoms with Gasteiger partial charge in [0.2, 0.25) is 5.88 Å². The Kier molecular flexibility index (Phi) is 5.29. The van der Waals surface area contributed by atoms with Gasteiger partial charge in [0.1, 0.15) is 22.8 Å². The van der Waals surface area contributed by atoms with Crippen LogP contribution in [0.5, 0.6) is 23.1 Å². The molecule has 1 atom stereocenters. The molecule has 0 spiro atoms. The zero-order chi connectivity index (χ0) is 24.0. The van der Waals surface area contributed by atoms with Gasteiger partial charge in [-0.25, -0.2) is 9.36 Å². The van der Waals surface area contributed by atoms with Crippen LogP contribution in [-0.2, 0) is 6.42 Å². The largest absolute Gasteiger partial charge is 0.497 e. The van der Waals surface area contributed by atoms with Crippen molar-refractivity contribution >= 4 is 10.9 Å². The van der Waals surface area contributed by atoms with Crippen LogP contribution >= 0.6 is 0 Å². The fourth-order valence-corrected chi connectivity index (χ4v) is 4.57. The molecule has 0 radical (unpaired) electrons. The second-order valence-corrected chi connectivity index (χ2v) is 7.94. The van der Waals surface area contributed by atoms with Crippen molar-refractivity contribution in [3.8, 4) is 28.8 Å². The molecule has 0 saturated heterocycles. The summed E-state index contributed by atoms with van der Waals surface area (Å²) >= 11 is 0. The first-order valence-electron chi connectivity index (χ1n) is 10.7. The lowest BCUT2D eigenvalue weighted by Gasteiger charge is -2.25. The molecule has 2 aromatic carbocycles. The zero-order valence-electron chi connectivity index (χ0n) is 18.9. The summed E-state index contributed by atoms with van der Waals surface area (Å²) in [6.45, 7) is 0.572. The second kappa shape index (κ2) is 8.31. The van der Waals surface area contributed by atoms with Crippen LogP contribution in [-0.4, -0.2) is 47.5 Å². The van der Waals surface area contributed by atoms with Gasteiger partial charge >= 0.3 is 5.69 Å². The average Bonchev–Trinajstić information content (AvgIpc) is 3.22. The summed E-state index contributed by atoms with van der Waals surface area (Å²) in [5.41, 5.74) is 1.44. The average molecular weight is 464 g/mol. The lowest BCUT2D eigenvalue weighted by Crippen LogP contribution is -2.38. The van der Waals surface area contributed by atoms with Crippen molar-refractivity contribution in [2.24, 2.45) is 0 Å². The Morgan fingerprint density at radius 3 is 2.44 bits per heavy atom. The quantitative estimate of drug-likeness (QED) is 0.355. The Balaban J connectivity index is 1.74. The van der Waals surface area contributed by atoms with Crippen LogP contribution in [0, 0.1) is 0 Å². The summed E-state index contributed by atoms with van der Waals surface area (Å²) in [6.07, 6.45) is 0.723. The van der Waals surface area contributed by atoms with Crippen molar-refractivity contribution in [3.05, 3.63) is 74.1 Å². The van der Waals surface area contributed by atoms with Gasteiger partial charge in [0.05, 0.1) is 33.1 Å². The number of aromatic amines is 2. The molecule has 4 N–H and O–H groups in total. The molecular weight excluding hydrogens is 440 g/mol. The smallest absolute Gasteiger partial charge is 0.335 e. The van der Waals surface area contributed by atoms with E-state index < -0.39 is 23.2 Å². The molecule has 0 bridgehead atoms. The topological polar surface area (TPSA) is 131 Å². The summed E-state index contributed by atoms with van der Waals surface area (Å²) < 4.78 is 17.0. The maximum atomic E-state index is 13.0. The molecule has 176 valence electrons. The fourth-order valence-electron chi connectivity index (χ4n) is 4.57. The van der Waals surface area contributed by atoms with Gasteiger partial charge in [-0.2, -0.15) is 0 Å². The number of aromatic hydroxyl groups is 1. The second-order valence-electron chi connectivity index (χ2n) is 7.94. The van der Waals surface area contributed by atoms with Crippen LogP contribution in [0.2, 0.25) is 0 Å². The van der Waals surface area contributed by atoms with Crippen LogP contribution in [0.3, 0.4) is 0 Å². The van der Waals surface area contributed by atoms with Gasteiger partial charge in [0, 0.05) is 29.2 Å². The van der Waals surface area contributed by atoms with E-state index in [-0.39, 0.29) is 11.3 Å². The van der Waals surface area contributed by atoms with E-state index in [1.54, 1.807) is 25.3 Å². The molecule has 1 aliphatic heterocycles. The monoisotopic (exact) mass is 464 g/mol. The van der Waals surface area contributed by atoms with E-state index in [2.05, 4.69) is 15.3 Å². The highest BCUT2D eigenvalue weighted by Crippen LogP contribution is 2.37. The Hall–Kier alpha value is -4.18. The molecule has 5 rings (SSSR count). The van der Waals surface area contributed by atoms with Gasteiger partial charge in [0.25, 0.3) is 5.56 Å². The van der Waals surface area contributed by atoms with Crippen LogP contribution in [0.4, 0.5) is 0 Å². The third kappa shape index (κ3) is 3.30. The van der Waals surface area contributed by atoms with Crippen molar-refractivity contribution in [1.82, 2.24) is 19.9 Å². The Bertz CT molecular complexity index is 1520. The molecule has 10 heteroatoms. The first-order valence-corrected chi connectivity index (χ1v) is 10.7. The normalized spacial score (nSPS) is 15.2. The predicted octanol–water partition coefficient (Wildman–Crippen LogP) is 1.97. The predicted molar refractivity (Wildman–Crippen MR) is 126 cm³/mol. The molecule has 4 aromatic rings. The number of ether oxygens (including phenoxy) is 3. The van der Waals surface area contributed by atoms with E-state index >= 15 is 0 Å². The molecule has 0 fully saturated rings. The molecule has 2 aromatic heterocycles. The van der Waals surface area contributed by atoms with Crippen LogP contribution < -0.4 is 30.8 Å². The highest BCUT2D eigenvalue weighted by atomic mass is 16.5. The fraction of sp³-hybridized carbons (Fsp3) is 0.250. The minimum absolute atomic E-state index is 0.0175. The molecule has 0 aliphatic carbocycles. The lowest BCUT2D eigenvalue weighted by molar-refractivity contribution is 0.388.